The van der Waals surface area contributed by atoms with Crippen LogP contribution in [0, 0.1) is 3.70 Å². The monoisotopic (exact) mass is 336 g/mol. The summed E-state index contributed by atoms with van der Waals surface area (Å²) in [5.74, 6) is 0. The molecule has 62 valence electrons. The Morgan fingerprint density at radius 3 is 3.00 bits per heavy atom. The average Bonchev–Trinajstić information content (AvgIpc) is 2.28. The van der Waals surface area contributed by atoms with Crippen LogP contribution in [0.15, 0.2) is 22.7 Å². The number of aryl methyl sites for hydroxylation is 1. The van der Waals surface area contributed by atoms with Crippen LogP contribution >= 0.6 is 38.5 Å². The third-order valence-corrected chi connectivity index (χ3v) is 3.06. The van der Waals surface area contributed by atoms with Gasteiger partial charge in [0.1, 0.15) is 3.70 Å². The van der Waals surface area contributed by atoms with E-state index in [2.05, 4.69) is 55.8 Å². The van der Waals surface area contributed by atoms with Gasteiger partial charge in [0.25, 0.3) is 0 Å². The van der Waals surface area contributed by atoms with E-state index < -0.39 is 0 Å². The van der Waals surface area contributed by atoms with Crippen molar-refractivity contribution in [1.82, 2.24) is 9.78 Å². The topological polar surface area (TPSA) is 17.8 Å². The van der Waals surface area contributed by atoms with Crippen LogP contribution in [0.25, 0.3) is 10.9 Å². The SMILES string of the molecule is Cn1nc(I)c2ccc(Br)cc21. The van der Waals surface area contributed by atoms with Gasteiger partial charge in [0.05, 0.1) is 5.52 Å². The van der Waals surface area contributed by atoms with Crippen molar-refractivity contribution in [3.8, 4) is 0 Å². The summed E-state index contributed by atoms with van der Waals surface area (Å²) < 4.78 is 4.04. The molecule has 12 heavy (non-hydrogen) atoms. The molecule has 0 aliphatic carbocycles. The van der Waals surface area contributed by atoms with Gasteiger partial charge in [-0.1, -0.05) is 15.9 Å². The molecule has 0 N–H and O–H groups in total. The summed E-state index contributed by atoms with van der Waals surface area (Å²) in [6.45, 7) is 0. The highest BCUT2D eigenvalue weighted by atomic mass is 127. The van der Waals surface area contributed by atoms with Crippen LogP contribution < -0.4 is 0 Å². The molecule has 0 amide bonds. The first-order chi connectivity index (χ1) is 5.68. The molecule has 0 atom stereocenters. The van der Waals surface area contributed by atoms with Crippen molar-refractivity contribution in [2.75, 3.05) is 0 Å². The maximum absolute atomic E-state index is 4.31. The lowest BCUT2D eigenvalue weighted by molar-refractivity contribution is 0.787. The molecule has 1 heterocycles. The van der Waals surface area contributed by atoms with E-state index in [9.17, 15) is 0 Å². The molecule has 0 radical (unpaired) electrons. The van der Waals surface area contributed by atoms with Gasteiger partial charge in [0, 0.05) is 16.9 Å². The molecular formula is C8H6BrIN2. The standard InChI is InChI=1S/C8H6BrIN2/c1-12-7-4-5(9)2-3-6(7)8(10)11-12/h2-4H,1H3. The second-order valence-electron chi connectivity index (χ2n) is 2.58. The van der Waals surface area contributed by atoms with Crippen LogP contribution in [0.2, 0.25) is 0 Å². The number of hydrogen-bond acceptors (Lipinski definition) is 1. The molecule has 0 fully saturated rings. The maximum atomic E-state index is 4.31. The first-order valence-corrected chi connectivity index (χ1v) is 5.33. The molecule has 0 bridgehead atoms. The van der Waals surface area contributed by atoms with Crippen LogP contribution in [0.4, 0.5) is 0 Å². The molecule has 0 aliphatic heterocycles. The second-order valence-corrected chi connectivity index (χ2v) is 4.51. The fourth-order valence-corrected chi connectivity index (χ4v) is 2.32. The second kappa shape index (κ2) is 2.99. The third-order valence-electron chi connectivity index (χ3n) is 1.77. The zero-order valence-electron chi connectivity index (χ0n) is 6.38. The summed E-state index contributed by atoms with van der Waals surface area (Å²) in [6, 6.07) is 6.19. The van der Waals surface area contributed by atoms with Crippen molar-refractivity contribution < 1.29 is 0 Å². The van der Waals surface area contributed by atoms with Gasteiger partial charge >= 0.3 is 0 Å². The van der Waals surface area contributed by atoms with Gasteiger partial charge in [0.2, 0.25) is 0 Å². The third kappa shape index (κ3) is 1.26. The van der Waals surface area contributed by atoms with Crippen molar-refractivity contribution in [3.63, 3.8) is 0 Å². The van der Waals surface area contributed by atoms with Crippen LogP contribution in [-0.4, -0.2) is 9.78 Å². The Hall–Kier alpha value is -0.100. The van der Waals surface area contributed by atoms with Crippen molar-refractivity contribution in [3.05, 3.63) is 26.4 Å². The molecule has 0 saturated heterocycles. The summed E-state index contributed by atoms with van der Waals surface area (Å²) in [6.07, 6.45) is 0. The largest absolute Gasteiger partial charge is 0.267 e. The van der Waals surface area contributed by atoms with E-state index in [4.69, 9.17) is 0 Å². The fraction of sp³-hybridized carbons (Fsp3) is 0.125. The Morgan fingerprint density at radius 1 is 1.50 bits per heavy atom. The maximum Gasteiger partial charge on any atom is 0.131 e. The van der Waals surface area contributed by atoms with Crippen molar-refractivity contribution in [1.29, 1.82) is 0 Å². The molecular weight excluding hydrogens is 331 g/mol. The number of halogens is 2. The Morgan fingerprint density at radius 2 is 2.25 bits per heavy atom. The molecule has 0 aliphatic rings. The van der Waals surface area contributed by atoms with E-state index in [1.165, 1.54) is 5.39 Å². The predicted molar refractivity (Wildman–Crippen MR) is 61.1 cm³/mol. The number of rotatable bonds is 0. The summed E-state index contributed by atoms with van der Waals surface area (Å²) in [7, 11) is 1.96. The minimum atomic E-state index is 1.05. The van der Waals surface area contributed by atoms with E-state index in [1.807, 2.05) is 17.8 Å². The number of hydrogen-bond donors (Lipinski definition) is 0. The van der Waals surface area contributed by atoms with Gasteiger partial charge in [0.15, 0.2) is 0 Å². The zero-order chi connectivity index (χ0) is 8.72. The van der Waals surface area contributed by atoms with Crippen molar-refractivity contribution in [2.24, 2.45) is 7.05 Å². The molecule has 0 unspecified atom stereocenters. The smallest absolute Gasteiger partial charge is 0.131 e. The Labute approximate surface area is 92.2 Å². The van der Waals surface area contributed by atoms with Gasteiger partial charge in [-0.05, 0) is 40.8 Å². The molecule has 2 aromatic rings. The van der Waals surface area contributed by atoms with Crippen molar-refractivity contribution in [2.45, 2.75) is 0 Å². The molecule has 0 saturated carbocycles. The van der Waals surface area contributed by atoms with E-state index in [0.29, 0.717) is 0 Å². The van der Waals surface area contributed by atoms with Crippen molar-refractivity contribution >= 4 is 49.4 Å². The zero-order valence-corrected chi connectivity index (χ0v) is 10.1. The van der Waals surface area contributed by atoms with Crippen LogP contribution in [0.1, 0.15) is 0 Å². The summed E-state index contributed by atoms with van der Waals surface area (Å²) in [5, 5.41) is 5.52. The number of fused-ring (bicyclic) bond motifs is 1. The lowest BCUT2D eigenvalue weighted by Gasteiger charge is -1.93. The highest BCUT2D eigenvalue weighted by Crippen LogP contribution is 2.22. The van der Waals surface area contributed by atoms with Crippen LogP contribution in [-0.2, 0) is 7.05 Å². The summed E-state index contributed by atoms with van der Waals surface area (Å²) in [4.78, 5) is 0. The normalized spacial score (nSPS) is 10.9. The number of nitrogens with zero attached hydrogens (tertiary/aromatic N) is 2. The van der Waals surface area contributed by atoms with E-state index >= 15 is 0 Å². The minimum Gasteiger partial charge on any atom is -0.267 e. The highest BCUT2D eigenvalue weighted by molar-refractivity contribution is 14.1. The molecule has 1 aromatic heterocycles. The first-order valence-electron chi connectivity index (χ1n) is 3.46. The summed E-state index contributed by atoms with van der Waals surface area (Å²) >= 11 is 5.68. The summed E-state index contributed by atoms with van der Waals surface area (Å²) in [5.41, 5.74) is 1.16. The molecule has 1 aromatic carbocycles. The Balaban J connectivity index is 2.90. The van der Waals surface area contributed by atoms with Gasteiger partial charge in [-0.15, -0.1) is 0 Å². The highest BCUT2D eigenvalue weighted by Gasteiger charge is 2.04. The average molecular weight is 337 g/mol. The van der Waals surface area contributed by atoms with E-state index in [1.54, 1.807) is 0 Å². The molecule has 2 rings (SSSR count). The fourth-order valence-electron chi connectivity index (χ4n) is 1.19. The van der Waals surface area contributed by atoms with Gasteiger partial charge in [-0.25, -0.2) is 0 Å². The molecule has 0 spiro atoms. The van der Waals surface area contributed by atoms with Gasteiger partial charge < -0.3 is 0 Å². The number of benzene rings is 1. The van der Waals surface area contributed by atoms with Gasteiger partial charge in [-0.2, -0.15) is 5.10 Å². The Bertz CT molecular complexity index is 436. The lowest BCUT2D eigenvalue weighted by Crippen LogP contribution is -1.88. The van der Waals surface area contributed by atoms with E-state index in [-0.39, 0.29) is 0 Å². The Kier molecular flexibility index (Phi) is 2.12. The first kappa shape index (κ1) is 8.50. The lowest BCUT2D eigenvalue weighted by atomic mass is 10.3. The van der Waals surface area contributed by atoms with Crippen LogP contribution in [0.3, 0.4) is 0 Å². The minimum absolute atomic E-state index is 1.05. The molecule has 4 heteroatoms. The predicted octanol–water partition coefficient (Wildman–Crippen LogP) is 2.94. The molecule has 2 nitrogen and oxygen atoms in total. The number of aromatic nitrogens is 2. The quantitative estimate of drug-likeness (QED) is 0.676. The van der Waals surface area contributed by atoms with E-state index in [0.717, 1.165) is 13.7 Å². The van der Waals surface area contributed by atoms with Gasteiger partial charge in [-0.3, -0.25) is 4.68 Å². The van der Waals surface area contributed by atoms with Crippen LogP contribution in [0.5, 0.6) is 0 Å².